The van der Waals surface area contributed by atoms with E-state index in [-0.39, 0.29) is 11.3 Å². The highest BCUT2D eigenvalue weighted by Gasteiger charge is 2.11. The highest BCUT2D eigenvalue weighted by atomic mass is 16.5. The van der Waals surface area contributed by atoms with Gasteiger partial charge in [0.25, 0.3) is 5.88 Å². The van der Waals surface area contributed by atoms with E-state index < -0.39 is 0 Å². The van der Waals surface area contributed by atoms with Gasteiger partial charge in [0.2, 0.25) is 5.43 Å². The number of fused-ring (bicyclic) bond motifs is 1. The van der Waals surface area contributed by atoms with Crippen molar-refractivity contribution in [2.24, 2.45) is 0 Å². The van der Waals surface area contributed by atoms with Crippen molar-refractivity contribution in [1.82, 2.24) is 9.97 Å². The molecule has 2 heterocycles. The minimum absolute atomic E-state index is 0.168. The predicted octanol–water partition coefficient (Wildman–Crippen LogP) is 2.52. The summed E-state index contributed by atoms with van der Waals surface area (Å²) in [5.74, 6) is 1.54. The fraction of sp³-hybridized carbons (Fsp3) is 0.176. The number of H-pyrrole nitrogens is 1. The SMILES string of the molecule is COc1ccc(COc2cc3[nH]ccc(=O)c3nc2OC)cc1. The smallest absolute Gasteiger partial charge is 0.257 e. The van der Waals surface area contributed by atoms with Gasteiger partial charge in [0.05, 0.1) is 19.7 Å². The number of nitrogens with zero attached hydrogens (tertiary/aromatic N) is 1. The third-order valence-corrected chi connectivity index (χ3v) is 3.41. The number of aromatic nitrogens is 2. The number of hydrogen-bond donors (Lipinski definition) is 1. The van der Waals surface area contributed by atoms with Gasteiger partial charge in [-0.1, -0.05) is 12.1 Å². The van der Waals surface area contributed by atoms with Crippen molar-refractivity contribution >= 4 is 11.0 Å². The van der Waals surface area contributed by atoms with E-state index in [0.717, 1.165) is 11.3 Å². The van der Waals surface area contributed by atoms with Crippen molar-refractivity contribution in [2.75, 3.05) is 14.2 Å². The zero-order valence-electron chi connectivity index (χ0n) is 12.8. The number of methoxy groups -OCH3 is 2. The molecule has 1 aromatic carbocycles. The van der Waals surface area contributed by atoms with E-state index in [1.54, 1.807) is 19.4 Å². The number of rotatable bonds is 5. The maximum Gasteiger partial charge on any atom is 0.257 e. The lowest BCUT2D eigenvalue weighted by Gasteiger charge is -2.11. The Kier molecular flexibility index (Phi) is 4.14. The summed E-state index contributed by atoms with van der Waals surface area (Å²) in [5.41, 5.74) is 1.73. The van der Waals surface area contributed by atoms with Crippen LogP contribution in [0.4, 0.5) is 0 Å². The van der Waals surface area contributed by atoms with E-state index in [1.165, 1.54) is 13.2 Å². The average molecular weight is 312 g/mol. The van der Waals surface area contributed by atoms with Crippen LogP contribution in [0.3, 0.4) is 0 Å². The first-order chi connectivity index (χ1) is 11.2. The molecule has 0 bridgehead atoms. The molecule has 0 radical (unpaired) electrons. The van der Waals surface area contributed by atoms with Gasteiger partial charge in [-0.25, -0.2) is 4.98 Å². The highest BCUT2D eigenvalue weighted by Crippen LogP contribution is 2.28. The second kappa shape index (κ2) is 6.39. The van der Waals surface area contributed by atoms with Crippen LogP contribution >= 0.6 is 0 Å². The first-order valence-electron chi connectivity index (χ1n) is 7.03. The minimum atomic E-state index is -0.168. The summed E-state index contributed by atoms with van der Waals surface area (Å²) in [5, 5.41) is 0. The molecule has 6 heteroatoms. The summed E-state index contributed by atoms with van der Waals surface area (Å²) >= 11 is 0. The molecule has 0 saturated carbocycles. The Morgan fingerprint density at radius 2 is 1.87 bits per heavy atom. The molecule has 1 N–H and O–H groups in total. The quantitative estimate of drug-likeness (QED) is 0.783. The normalized spacial score (nSPS) is 10.5. The van der Waals surface area contributed by atoms with Crippen molar-refractivity contribution in [3.63, 3.8) is 0 Å². The van der Waals surface area contributed by atoms with Crippen molar-refractivity contribution < 1.29 is 14.2 Å². The van der Waals surface area contributed by atoms with Crippen LogP contribution in [0.2, 0.25) is 0 Å². The van der Waals surface area contributed by atoms with E-state index in [1.807, 2.05) is 24.3 Å². The third kappa shape index (κ3) is 3.11. The molecule has 0 saturated heterocycles. The third-order valence-electron chi connectivity index (χ3n) is 3.41. The molecule has 118 valence electrons. The second-order valence-corrected chi connectivity index (χ2v) is 4.87. The molecule has 23 heavy (non-hydrogen) atoms. The van der Waals surface area contributed by atoms with Crippen molar-refractivity contribution in [3.8, 4) is 17.4 Å². The van der Waals surface area contributed by atoms with Crippen molar-refractivity contribution in [1.29, 1.82) is 0 Å². The van der Waals surface area contributed by atoms with Crippen LogP contribution in [0.1, 0.15) is 5.56 Å². The molecule has 0 atom stereocenters. The average Bonchev–Trinajstić information content (AvgIpc) is 2.60. The molecule has 0 unspecified atom stereocenters. The van der Waals surface area contributed by atoms with Gasteiger partial charge < -0.3 is 19.2 Å². The van der Waals surface area contributed by atoms with Gasteiger partial charge in [-0.15, -0.1) is 0 Å². The van der Waals surface area contributed by atoms with E-state index in [0.29, 0.717) is 23.4 Å². The summed E-state index contributed by atoms with van der Waals surface area (Å²) in [6, 6.07) is 10.7. The van der Waals surface area contributed by atoms with Crippen LogP contribution in [0, 0.1) is 0 Å². The first-order valence-corrected chi connectivity index (χ1v) is 7.03. The lowest BCUT2D eigenvalue weighted by Crippen LogP contribution is -2.05. The standard InChI is InChI=1S/C17H16N2O4/c1-21-12-5-3-11(4-6-12)10-23-15-9-13-16(19-17(15)22-2)14(20)7-8-18-13/h3-9H,10H2,1-2H3,(H,18,20). The Morgan fingerprint density at radius 3 is 2.57 bits per heavy atom. The molecule has 3 rings (SSSR count). The molecule has 0 fully saturated rings. The second-order valence-electron chi connectivity index (χ2n) is 4.87. The van der Waals surface area contributed by atoms with Crippen LogP contribution in [-0.2, 0) is 6.61 Å². The van der Waals surface area contributed by atoms with Crippen LogP contribution in [-0.4, -0.2) is 24.2 Å². The van der Waals surface area contributed by atoms with Gasteiger partial charge in [0, 0.05) is 18.3 Å². The topological polar surface area (TPSA) is 73.4 Å². The summed E-state index contributed by atoms with van der Waals surface area (Å²) in [6.45, 7) is 0.352. The maximum absolute atomic E-state index is 11.8. The first kappa shape index (κ1) is 14.9. The van der Waals surface area contributed by atoms with Crippen LogP contribution in [0.25, 0.3) is 11.0 Å². The summed E-state index contributed by atoms with van der Waals surface area (Å²) in [4.78, 5) is 19.0. The fourth-order valence-electron chi connectivity index (χ4n) is 2.19. The van der Waals surface area contributed by atoms with E-state index in [9.17, 15) is 4.79 Å². The summed E-state index contributed by atoms with van der Waals surface area (Å²) < 4.78 is 16.1. The highest BCUT2D eigenvalue weighted by molar-refractivity contribution is 5.76. The van der Waals surface area contributed by atoms with Gasteiger partial charge in [-0.2, -0.15) is 0 Å². The zero-order chi connectivity index (χ0) is 16.2. The minimum Gasteiger partial charge on any atom is -0.497 e. The number of aromatic amines is 1. The summed E-state index contributed by atoms with van der Waals surface area (Å²) in [7, 11) is 3.11. The Morgan fingerprint density at radius 1 is 1.09 bits per heavy atom. The molecule has 0 aliphatic rings. The Hall–Kier alpha value is -3.02. The fourth-order valence-corrected chi connectivity index (χ4v) is 2.19. The van der Waals surface area contributed by atoms with Gasteiger partial charge in [-0.3, -0.25) is 4.79 Å². The summed E-state index contributed by atoms with van der Waals surface area (Å²) in [6.07, 6.45) is 1.58. The molecule has 0 aliphatic carbocycles. The van der Waals surface area contributed by atoms with Crippen LogP contribution in [0.5, 0.6) is 17.4 Å². The number of nitrogens with one attached hydrogen (secondary N) is 1. The van der Waals surface area contributed by atoms with Crippen LogP contribution in [0.15, 0.2) is 47.4 Å². The van der Waals surface area contributed by atoms with Gasteiger partial charge in [0.1, 0.15) is 17.9 Å². The van der Waals surface area contributed by atoms with Gasteiger partial charge in [-0.05, 0) is 17.7 Å². The number of pyridine rings is 2. The van der Waals surface area contributed by atoms with Crippen LogP contribution < -0.4 is 19.6 Å². The van der Waals surface area contributed by atoms with E-state index in [4.69, 9.17) is 14.2 Å². The monoisotopic (exact) mass is 312 g/mol. The largest absolute Gasteiger partial charge is 0.497 e. The lowest BCUT2D eigenvalue weighted by molar-refractivity contribution is 0.280. The molecule has 6 nitrogen and oxygen atoms in total. The number of ether oxygens (including phenoxy) is 3. The zero-order valence-corrected chi connectivity index (χ0v) is 12.8. The Bertz CT molecular complexity index is 872. The predicted molar refractivity (Wildman–Crippen MR) is 86.2 cm³/mol. The maximum atomic E-state index is 11.8. The molecule has 2 aromatic heterocycles. The van der Waals surface area contributed by atoms with E-state index in [2.05, 4.69) is 9.97 Å². The molecular weight excluding hydrogens is 296 g/mol. The molecule has 0 aliphatic heterocycles. The van der Waals surface area contributed by atoms with E-state index >= 15 is 0 Å². The van der Waals surface area contributed by atoms with Gasteiger partial charge >= 0.3 is 0 Å². The lowest BCUT2D eigenvalue weighted by atomic mass is 10.2. The molecule has 0 amide bonds. The molecule has 0 spiro atoms. The molecule has 3 aromatic rings. The van der Waals surface area contributed by atoms with Crippen molar-refractivity contribution in [3.05, 3.63) is 58.4 Å². The van der Waals surface area contributed by atoms with Crippen molar-refractivity contribution in [2.45, 2.75) is 6.61 Å². The Balaban J connectivity index is 1.87. The van der Waals surface area contributed by atoms with Gasteiger partial charge in [0.15, 0.2) is 5.75 Å². The number of benzene rings is 1. The Labute approximate surface area is 132 Å². The molecular formula is C17H16N2O4. The number of hydrogen-bond acceptors (Lipinski definition) is 5.